The van der Waals surface area contributed by atoms with Gasteiger partial charge in [0.2, 0.25) is 0 Å². The third kappa shape index (κ3) is 3.45. The summed E-state index contributed by atoms with van der Waals surface area (Å²) < 4.78 is 13.5. The van der Waals surface area contributed by atoms with Gasteiger partial charge in [-0.2, -0.15) is 0 Å². The molecule has 1 amide bonds. The number of aryl methyl sites for hydroxylation is 1. The van der Waals surface area contributed by atoms with Gasteiger partial charge in [0.1, 0.15) is 5.82 Å². The topological polar surface area (TPSA) is 20.3 Å². The average molecular weight is 336 g/mol. The normalized spacial score (nSPS) is 10.4. The molecule has 0 aliphatic carbocycles. The molecule has 104 valence electrons. The first kappa shape index (κ1) is 14.7. The largest absolute Gasteiger partial charge is 0.337 e. The van der Waals surface area contributed by atoms with E-state index in [4.69, 9.17) is 0 Å². The second-order valence-corrected chi connectivity index (χ2v) is 5.63. The minimum absolute atomic E-state index is 0.132. The number of hydrogen-bond acceptors (Lipinski definition) is 1. The zero-order chi connectivity index (χ0) is 14.7. The van der Waals surface area contributed by atoms with Gasteiger partial charge in [-0.15, -0.1) is 0 Å². The third-order valence-electron chi connectivity index (χ3n) is 3.02. The van der Waals surface area contributed by atoms with Crippen molar-refractivity contribution < 1.29 is 9.18 Å². The molecule has 0 spiro atoms. The zero-order valence-electron chi connectivity index (χ0n) is 11.4. The first-order valence-electron chi connectivity index (χ1n) is 6.23. The van der Waals surface area contributed by atoms with Gasteiger partial charge in [0.05, 0.1) is 4.47 Å². The highest BCUT2D eigenvalue weighted by Crippen LogP contribution is 2.18. The maximum atomic E-state index is 13.2. The monoisotopic (exact) mass is 335 g/mol. The molecule has 0 saturated heterocycles. The highest BCUT2D eigenvalue weighted by atomic mass is 79.9. The van der Waals surface area contributed by atoms with Gasteiger partial charge in [-0.1, -0.05) is 29.8 Å². The van der Waals surface area contributed by atoms with E-state index in [9.17, 15) is 9.18 Å². The number of rotatable bonds is 3. The average Bonchev–Trinajstić information content (AvgIpc) is 2.41. The first-order valence-corrected chi connectivity index (χ1v) is 7.03. The number of amides is 1. The van der Waals surface area contributed by atoms with Gasteiger partial charge in [0.15, 0.2) is 0 Å². The molecule has 0 bridgehead atoms. The summed E-state index contributed by atoms with van der Waals surface area (Å²) in [7, 11) is 1.74. The number of hydrogen-bond donors (Lipinski definition) is 0. The van der Waals surface area contributed by atoms with Crippen LogP contribution in [0.5, 0.6) is 0 Å². The lowest BCUT2D eigenvalue weighted by atomic mass is 10.1. The molecule has 2 aromatic carbocycles. The van der Waals surface area contributed by atoms with Gasteiger partial charge in [-0.05, 0) is 46.6 Å². The Kier molecular flexibility index (Phi) is 4.55. The van der Waals surface area contributed by atoms with Crippen LogP contribution in [0.4, 0.5) is 4.39 Å². The maximum Gasteiger partial charge on any atom is 0.253 e. The van der Waals surface area contributed by atoms with Gasteiger partial charge < -0.3 is 4.90 Å². The Morgan fingerprint density at radius 3 is 2.65 bits per heavy atom. The summed E-state index contributed by atoms with van der Waals surface area (Å²) in [6, 6.07) is 12.3. The lowest BCUT2D eigenvalue weighted by Crippen LogP contribution is -2.26. The summed E-state index contributed by atoms with van der Waals surface area (Å²) in [5.74, 6) is -0.505. The van der Waals surface area contributed by atoms with Crippen LogP contribution in [0.3, 0.4) is 0 Å². The van der Waals surface area contributed by atoms with E-state index in [0.717, 1.165) is 11.1 Å². The molecule has 0 heterocycles. The van der Waals surface area contributed by atoms with E-state index in [2.05, 4.69) is 15.9 Å². The number of benzene rings is 2. The lowest BCUT2D eigenvalue weighted by Gasteiger charge is -2.18. The Hall–Kier alpha value is -1.68. The molecule has 0 N–H and O–H groups in total. The summed E-state index contributed by atoms with van der Waals surface area (Å²) in [6.45, 7) is 2.54. The predicted molar refractivity (Wildman–Crippen MR) is 81.1 cm³/mol. The van der Waals surface area contributed by atoms with Crippen molar-refractivity contribution in [3.05, 3.63) is 69.4 Å². The van der Waals surface area contributed by atoms with Crippen LogP contribution in [0, 0.1) is 12.7 Å². The van der Waals surface area contributed by atoms with E-state index in [0.29, 0.717) is 16.6 Å². The number of carbonyl (C=O) groups is 1. The minimum atomic E-state index is -0.372. The molecule has 0 fully saturated rings. The summed E-state index contributed by atoms with van der Waals surface area (Å²) >= 11 is 3.09. The second-order valence-electron chi connectivity index (χ2n) is 4.78. The standard InChI is InChI=1S/C16H15BrFNO/c1-11-4-3-5-12(8-11)10-19(2)16(20)13-6-7-15(18)14(17)9-13/h3-9H,10H2,1-2H3. The molecule has 0 aromatic heterocycles. The van der Waals surface area contributed by atoms with Gasteiger partial charge in [0, 0.05) is 19.2 Å². The van der Waals surface area contributed by atoms with Crippen molar-refractivity contribution in [1.29, 1.82) is 0 Å². The van der Waals surface area contributed by atoms with Crippen molar-refractivity contribution in [2.45, 2.75) is 13.5 Å². The van der Waals surface area contributed by atoms with Gasteiger partial charge >= 0.3 is 0 Å². The Morgan fingerprint density at radius 1 is 1.25 bits per heavy atom. The van der Waals surface area contributed by atoms with E-state index in [1.165, 1.54) is 18.2 Å². The third-order valence-corrected chi connectivity index (χ3v) is 3.62. The molecule has 0 saturated carbocycles. The van der Waals surface area contributed by atoms with Crippen LogP contribution in [0.2, 0.25) is 0 Å². The van der Waals surface area contributed by atoms with Crippen molar-refractivity contribution in [2.75, 3.05) is 7.05 Å². The van der Waals surface area contributed by atoms with Crippen LogP contribution >= 0.6 is 15.9 Å². The fourth-order valence-corrected chi connectivity index (χ4v) is 2.38. The summed E-state index contributed by atoms with van der Waals surface area (Å²) in [4.78, 5) is 13.9. The van der Waals surface area contributed by atoms with Gasteiger partial charge in [-0.3, -0.25) is 4.79 Å². The van der Waals surface area contributed by atoms with Crippen LogP contribution in [0.1, 0.15) is 21.5 Å². The molecule has 0 unspecified atom stereocenters. The van der Waals surface area contributed by atoms with E-state index >= 15 is 0 Å². The van der Waals surface area contributed by atoms with Crippen molar-refractivity contribution in [1.82, 2.24) is 4.90 Å². The number of nitrogens with zero attached hydrogens (tertiary/aromatic N) is 1. The Balaban J connectivity index is 2.14. The SMILES string of the molecule is Cc1cccc(CN(C)C(=O)c2ccc(F)c(Br)c2)c1. The summed E-state index contributed by atoms with van der Waals surface area (Å²) in [6.07, 6.45) is 0. The van der Waals surface area contributed by atoms with Crippen molar-refractivity contribution in [2.24, 2.45) is 0 Å². The van der Waals surface area contributed by atoms with E-state index < -0.39 is 0 Å². The van der Waals surface area contributed by atoms with Gasteiger partial charge in [0.25, 0.3) is 5.91 Å². The molecular formula is C16H15BrFNO. The molecule has 0 atom stereocenters. The molecule has 2 nitrogen and oxygen atoms in total. The highest BCUT2D eigenvalue weighted by molar-refractivity contribution is 9.10. The molecule has 2 rings (SSSR count). The zero-order valence-corrected chi connectivity index (χ0v) is 12.9. The molecule has 20 heavy (non-hydrogen) atoms. The summed E-state index contributed by atoms with van der Waals surface area (Å²) in [5.41, 5.74) is 2.70. The van der Waals surface area contributed by atoms with E-state index in [1.54, 1.807) is 11.9 Å². The minimum Gasteiger partial charge on any atom is -0.337 e. The molecule has 0 aliphatic rings. The fraction of sp³-hybridized carbons (Fsp3) is 0.188. The lowest BCUT2D eigenvalue weighted by molar-refractivity contribution is 0.0785. The molecule has 0 radical (unpaired) electrons. The van der Waals surface area contributed by atoms with Crippen molar-refractivity contribution >= 4 is 21.8 Å². The van der Waals surface area contributed by atoms with Crippen LogP contribution in [-0.2, 0) is 6.54 Å². The van der Waals surface area contributed by atoms with E-state index in [1.807, 2.05) is 31.2 Å². The van der Waals surface area contributed by atoms with E-state index in [-0.39, 0.29) is 11.7 Å². The Labute approximate surface area is 126 Å². The molecular weight excluding hydrogens is 321 g/mol. The molecule has 2 aromatic rings. The van der Waals surface area contributed by atoms with Crippen LogP contribution in [0.25, 0.3) is 0 Å². The molecule has 0 aliphatic heterocycles. The summed E-state index contributed by atoms with van der Waals surface area (Å²) in [5, 5.41) is 0. The second kappa shape index (κ2) is 6.18. The van der Waals surface area contributed by atoms with Crippen molar-refractivity contribution in [3.63, 3.8) is 0 Å². The van der Waals surface area contributed by atoms with Crippen LogP contribution in [-0.4, -0.2) is 17.9 Å². The fourth-order valence-electron chi connectivity index (χ4n) is 2.01. The highest BCUT2D eigenvalue weighted by Gasteiger charge is 2.13. The van der Waals surface area contributed by atoms with Gasteiger partial charge in [-0.25, -0.2) is 4.39 Å². The Morgan fingerprint density at radius 2 is 2.00 bits per heavy atom. The van der Waals surface area contributed by atoms with Crippen LogP contribution in [0.15, 0.2) is 46.9 Å². The smallest absolute Gasteiger partial charge is 0.253 e. The molecule has 4 heteroatoms. The quantitative estimate of drug-likeness (QED) is 0.824. The maximum absolute atomic E-state index is 13.2. The predicted octanol–water partition coefficient (Wildman–Crippen LogP) is 4.17. The number of carbonyl (C=O) groups excluding carboxylic acids is 1. The van der Waals surface area contributed by atoms with Crippen molar-refractivity contribution in [3.8, 4) is 0 Å². The first-order chi connectivity index (χ1) is 9.47. The Bertz CT molecular complexity index is 642. The van der Waals surface area contributed by atoms with Crippen LogP contribution < -0.4 is 0 Å². The number of halogens is 2.